The van der Waals surface area contributed by atoms with Crippen LogP contribution in [0, 0.1) is 10.1 Å². The molecule has 2 rings (SSSR count). The number of para-hydroxylation sites is 1. The van der Waals surface area contributed by atoms with E-state index in [2.05, 4.69) is 9.47 Å². The summed E-state index contributed by atoms with van der Waals surface area (Å²) in [6.07, 6.45) is -0.599. The monoisotopic (exact) mass is 255 g/mol. The maximum atomic E-state index is 10.3. The number of ether oxygens (including phenoxy) is 3. The SMILES string of the molecule is O=C1OCCOCCO1.O=[N+]([O-])c1ccccc1. The van der Waals surface area contributed by atoms with Crippen LogP contribution in [0.15, 0.2) is 30.3 Å². The van der Waals surface area contributed by atoms with Crippen LogP contribution in [0.3, 0.4) is 0 Å². The van der Waals surface area contributed by atoms with Crippen LogP contribution in [0.25, 0.3) is 0 Å². The summed E-state index contributed by atoms with van der Waals surface area (Å²) in [5, 5.41) is 10.0. The zero-order valence-electron chi connectivity index (χ0n) is 9.61. The van der Waals surface area contributed by atoms with Crippen LogP contribution >= 0.6 is 0 Å². The number of rotatable bonds is 1. The van der Waals surface area contributed by atoms with Gasteiger partial charge in [0.25, 0.3) is 5.69 Å². The summed E-state index contributed by atoms with van der Waals surface area (Å²) in [7, 11) is 0. The third-order valence-electron chi connectivity index (χ3n) is 1.86. The van der Waals surface area contributed by atoms with Gasteiger partial charge in [-0.1, -0.05) is 18.2 Å². The van der Waals surface area contributed by atoms with Crippen molar-refractivity contribution in [2.45, 2.75) is 0 Å². The minimum absolute atomic E-state index is 0.137. The van der Waals surface area contributed by atoms with Gasteiger partial charge in [-0.25, -0.2) is 4.79 Å². The Labute approximate surface area is 103 Å². The molecule has 0 bridgehead atoms. The highest BCUT2D eigenvalue weighted by molar-refractivity contribution is 5.59. The van der Waals surface area contributed by atoms with E-state index in [1.54, 1.807) is 18.2 Å². The van der Waals surface area contributed by atoms with Gasteiger partial charge >= 0.3 is 6.16 Å². The van der Waals surface area contributed by atoms with Gasteiger partial charge in [-0.2, -0.15) is 0 Å². The van der Waals surface area contributed by atoms with E-state index in [1.807, 2.05) is 0 Å². The van der Waals surface area contributed by atoms with Crippen LogP contribution in [-0.2, 0) is 14.2 Å². The van der Waals surface area contributed by atoms with E-state index in [0.29, 0.717) is 26.4 Å². The van der Waals surface area contributed by atoms with Gasteiger partial charge < -0.3 is 14.2 Å². The van der Waals surface area contributed by atoms with Gasteiger partial charge in [-0.3, -0.25) is 10.1 Å². The summed E-state index contributed by atoms with van der Waals surface area (Å²) in [6.45, 7) is 1.52. The van der Waals surface area contributed by atoms with Gasteiger partial charge in [0.1, 0.15) is 13.2 Å². The molecule has 0 atom stereocenters. The third-order valence-corrected chi connectivity index (χ3v) is 1.86. The van der Waals surface area contributed by atoms with Gasteiger partial charge in [-0.05, 0) is 0 Å². The van der Waals surface area contributed by atoms with Crippen LogP contribution in [0.5, 0.6) is 0 Å². The van der Waals surface area contributed by atoms with Crippen molar-refractivity contribution in [3.05, 3.63) is 40.4 Å². The molecule has 0 spiro atoms. The first kappa shape index (κ1) is 13.9. The zero-order valence-corrected chi connectivity index (χ0v) is 9.61. The first-order chi connectivity index (χ1) is 8.70. The predicted molar refractivity (Wildman–Crippen MR) is 61.2 cm³/mol. The predicted octanol–water partition coefficient (Wildman–Crippen LogP) is 1.76. The highest BCUT2D eigenvalue weighted by Gasteiger charge is 2.05. The Bertz CT molecular complexity index is 370. The molecular formula is C11H13NO6. The number of nitro groups is 1. The molecule has 18 heavy (non-hydrogen) atoms. The Morgan fingerprint density at radius 1 is 1.00 bits per heavy atom. The lowest BCUT2D eigenvalue weighted by atomic mass is 10.3. The molecule has 1 saturated heterocycles. The topological polar surface area (TPSA) is 87.9 Å². The molecule has 0 aromatic heterocycles. The van der Waals surface area contributed by atoms with E-state index in [9.17, 15) is 14.9 Å². The highest BCUT2D eigenvalue weighted by atomic mass is 16.7. The van der Waals surface area contributed by atoms with Crippen LogP contribution < -0.4 is 0 Å². The lowest BCUT2D eigenvalue weighted by molar-refractivity contribution is -0.384. The maximum absolute atomic E-state index is 10.3. The van der Waals surface area contributed by atoms with Crippen LogP contribution in [0.4, 0.5) is 10.5 Å². The van der Waals surface area contributed by atoms with Crippen LogP contribution in [0.1, 0.15) is 0 Å². The first-order valence-electron chi connectivity index (χ1n) is 5.27. The number of nitro benzene ring substituents is 1. The van der Waals surface area contributed by atoms with Crippen molar-refractivity contribution in [3.8, 4) is 0 Å². The second-order valence-corrected chi connectivity index (χ2v) is 3.15. The maximum Gasteiger partial charge on any atom is 0.508 e. The molecule has 1 aliphatic rings. The molecule has 0 unspecified atom stereocenters. The van der Waals surface area contributed by atoms with Gasteiger partial charge in [0, 0.05) is 12.1 Å². The van der Waals surface area contributed by atoms with Gasteiger partial charge in [0.05, 0.1) is 18.1 Å². The summed E-state index contributed by atoms with van der Waals surface area (Å²) in [5.74, 6) is 0. The summed E-state index contributed by atoms with van der Waals surface area (Å²) < 4.78 is 13.9. The molecule has 1 aliphatic heterocycles. The van der Waals surface area contributed by atoms with E-state index in [0.717, 1.165) is 0 Å². The number of carbonyl (C=O) groups is 1. The molecule has 0 radical (unpaired) electrons. The number of nitrogens with zero attached hydrogens (tertiary/aromatic N) is 1. The fraction of sp³-hybridized carbons (Fsp3) is 0.364. The van der Waals surface area contributed by atoms with Gasteiger partial charge in [0.2, 0.25) is 0 Å². The fourth-order valence-corrected chi connectivity index (χ4v) is 1.06. The van der Waals surface area contributed by atoms with Crippen molar-refractivity contribution in [2.24, 2.45) is 0 Å². The number of benzene rings is 1. The van der Waals surface area contributed by atoms with Crippen LogP contribution in [0.2, 0.25) is 0 Å². The van der Waals surface area contributed by atoms with E-state index in [-0.39, 0.29) is 5.69 Å². The molecule has 1 aromatic rings. The Kier molecular flexibility index (Phi) is 6.20. The van der Waals surface area contributed by atoms with E-state index >= 15 is 0 Å². The molecule has 98 valence electrons. The Balaban J connectivity index is 0.000000180. The minimum Gasteiger partial charge on any atom is -0.432 e. The van der Waals surface area contributed by atoms with Crippen molar-refractivity contribution >= 4 is 11.8 Å². The smallest absolute Gasteiger partial charge is 0.432 e. The summed E-state index contributed by atoms with van der Waals surface area (Å²) in [4.78, 5) is 19.9. The number of cyclic esters (lactones) is 2. The molecule has 7 nitrogen and oxygen atoms in total. The number of carbonyl (C=O) groups excluding carboxylic acids is 1. The van der Waals surface area contributed by atoms with Crippen molar-refractivity contribution in [3.63, 3.8) is 0 Å². The largest absolute Gasteiger partial charge is 0.508 e. The number of non-ortho nitro benzene ring substituents is 1. The Morgan fingerprint density at radius 3 is 2.00 bits per heavy atom. The lowest BCUT2D eigenvalue weighted by Crippen LogP contribution is -2.19. The second-order valence-electron chi connectivity index (χ2n) is 3.15. The summed E-state index contributed by atoms with van der Waals surface area (Å²) >= 11 is 0. The number of hydrogen-bond donors (Lipinski definition) is 0. The van der Waals surface area contributed by atoms with E-state index in [1.165, 1.54) is 12.1 Å². The van der Waals surface area contributed by atoms with Crippen molar-refractivity contribution < 1.29 is 23.9 Å². The molecule has 0 N–H and O–H groups in total. The Hall–Kier alpha value is -2.15. The Morgan fingerprint density at radius 2 is 1.56 bits per heavy atom. The average Bonchev–Trinajstić information content (AvgIpc) is 2.36. The second kappa shape index (κ2) is 8.02. The third kappa shape index (κ3) is 5.80. The quantitative estimate of drug-likeness (QED) is 0.431. The fourth-order valence-electron chi connectivity index (χ4n) is 1.06. The first-order valence-corrected chi connectivity index (χ1v) is 5.27. The van der Waals surface area contributed by atoms with Gasteiger partial charge in [-0.15, -0.1) is 0 Å². The van der Waals surface area contributed by atoms with E-state index < -0.39 is 11.1 Å². The van der Waals surface area contributed by atoms with E-state index in [4.69, 9.17) is 4.74 Å². The molecule has 0 saturated carbocycles. The van der Waals surface area contributed by atoms with Gasteiger partial charge in [0.15, 0.2) is 0 Å². The lowest BCUT2D eigenvalue weighted by Gasteiger charge is -2.10. The highest BCUT2D eigenvalue weighted by Crippen LogP contribution is 2.06. The minimum atomic E-state index is -0.599. The molecule has 1 aromatic carbocycles. The molecule has 1 heterocycles. The summed E-state index contributed by atoms with van der Waals surface area (Å²) in [5.41, 5.74) is 0.137. The van der Waals surface area contributed by atoms with Crippen LogP contribution in [-0.4, -0.2) is 37.5 Å². The molecule has 1 fully saturated rings. The summed E-state index contributed by atoms with van der Waals surface area (Å²) in [6, 6.07) is 7.93. The molecule has 0 aliphatic carbocycles. The normalized spacial score (nSPS) is 15.0. The standard InChI is InChI=1S/C6H5NO2.C5H8O4/c8-7(9)6-4-2-1-3-5-6;6-5-8-3-1-7-2-4-9-5/h1-5H;1-4H2. The molecular weight excluding hydrogens is 242 g/mol. The average molecular weight is 255 g/mol. The molecule has 0 amide bonds. The molecule has 7 heteroatoms. The van der Waals surface area contributed by atoms with Crippen molar-refractivity contribution in [1.29, 1.82) is 0 Å². The number of hydrogen-bond acceptors (Lipinski definition) is 6. The zero-order chi connectivity index (χ0) is 13.2. The van der Waals surface area contributed by atoms with Crippen molar-refractivity contribution in [2.75, 3.05) is 26.4 Å². The van der Waals surface area contributed by atoms with Crippen molar-refractivity contribution in [1.82, 2.24) is 0 Å².